The highest BCUT2D eigenvalue weighted by atomic mass is 35.5. The number of anilines is 1. The molecule has 1 aliphatic rings. The largest absolute Gasteiger partial charge is 0.356 e. The van der Waals surface area contributed by atoms with Crippen molar-refractivity contribution in [2.75, 3.05) is 5.32 Å². The Bertz CT molecular complexity index is 914. The SMILES string of the molecule is O=C(Nc1cccc(-c2nnc3n2CCCCC3)c1)c1cc(Cl)c[nH]1. The summed E-state index contributed by atoms with van der Waals surface area (Å²) < 4.78 is 2.19. The van der Waals surface area contributed by atoms with Crippen molar-refractivity contribution in [1.29, 1.82) is 0 Å². The number of carbonyl (C=O) groups is 1. The summed E-state index contributed by atoms with van der Waals surface area (Å²) in [5.41, 5.74) is 2.08. The van der Waals surface area contributed by atoms with Crippen LogP contribution in [0.3, 0.4) is 0 Å². The summed E-state index contributed by atoms with van der Waals surface area (Å²) in [7, 11) is 0. The summed E-state index contributed by atoms with van der Waals surface area (Å²) in [4.78, 5) is 15.1. The summed E-state index contributed by atoms with van der Waals surface area (Å²) in [6, 6.07) is 9.27. The standard InChI is InChI=1S/C18H18ClN5O/c19-13-10-15(20-11-13)18(25)21-14-6-4-5-12(9-14)17-23-22-16-7-2-1-3-8-24(16)17/h4-6,9-11,20H,1-3,7-8H2,(H,21,25). The molecule has 2 N–H and O–H groups in total. The van der Waals surface area contributed by atoms with E-state index in [9.17, 15) is 4.79 Å². The number of nitrogens with one attached hydrogen (secondary N) is 2. The van der Waals surface area contributed by atoms with Gasteiger partial charge < -0.3 is 14.9 Å². The first-order chi connectivity index (χ1) is 12.2. The molecule has 1 aliphatic heterocycles. The van der Waals surface area contributed by atoms with Gasteiger partial charge in [-0.05, 0) is 31.0 Å². The van der Waals surface area contributed by atoms with Crippen molar-refractivity contribution in [2.24, 2.45) is 0 Å². The Morgan fingerprint density at radius 1 is 1.20 bits per heavy atom. The first-order valence-corrected chi connectivity index (χ1v) is 8.76. The minimum absolute atomic E-state index is 0.232. The number of rotatable bonds is 3. The Labute approximate surface area is 150 Å². The zero-order chi connectivity index (χ0) is 17.2. The zero-order valence-electron chi connectivity index (χ0n) is 13.6. The summed E-state index contributed by atoms with van der Waals surface area (Å²) in [5, 5.41) is 12.1. The number of amides is 1. The second-order valence-corrected chi connectivity index (χ2v) is 6.61. The Morgan fingerprint density at radius 3 is 2.96 bits per heavy atom. The van der Waals surface area contributed by atoms with Gasteiger partial charge in [0.1, 0.15) is 11.5 Å². The van der Waals surface area contributed by atoms with Gasteiger partial charge >= 0.3 is 0 Å². The number of halogens is 1. The predicted octanol–water partition coefficient (Wildman–Crippen LogP) is 3.91. The fourth-order valence-corrected chi connectivity index (χ4v) is 3.30. The number of benzene rings is 1. The van der Waals surface area contributed by atoms with E-state index in [1.807, 2.05) is 24.3 Å². The lowest BCUT2D eigenvalue weighted by Gasteiger charge is -2.09. The van der Waals surface area contributed by atoms with Crippen LogP contribution >= 0.6 is 11.6 Å². The van der Waals surface area contributed by atoms with Crippen LogP contribution in [-0.4, -0.2) is 25.7 Å². The molecule has 128 valence electrons. The molecule has 0 fully saturated rings. The van der Waals surface area contributed by atoms with E-state index in [0.717, 1.165) is 43.0 Å². The van der Waals surface area contributed by atoms with Crippen LogP contribution in [-0.2, 0) is 13.0 Å². The van der Waals surface area contributed by atoms with Crippen LogP contribution in [0, 0.1) is 0 Å². The molecule has 0 unspecified atom stereocenters. The van der Waals surface area contributed by atoms with Gasteiger partial charge in [-0.25, -0.2) is 0 Å². The average Bonchev–Trinajstić information content (AvgIpc) is 3.15. The third kappa shape index (κ3) is 3.30. The summed E-state index contributed by atoms with van der Waals surface area (Å²) >= 11 is 5.85. The molecule has 7 heteroatoms. The van der Waals surface area contributed by atoms with Gasteiger partial charge in [0.25, 0.3) is 5.91 Å². The van der Waals surface area contributed by atoms with E-state index in [1.165, 1.54) is 6.42 Å². The minimum Gasteiger partial charge on any atom is -0.356 e. The van der Waals surface area contributed by atoms with E-state index in [4.69, 9.17) is 11.6 Å². The molecule has 0 saturated carbocycles. The Hall–Kier alpha value is -2.60. The molecule has 0 aliphatic carbocycles. The minimum atomic E-state index is -0.232. The molecular formula is C18H18ClN5O. The number of fused-ring (bicyclic) bond motifs is 1. The van der Waals surface area contributed by atoms with Gasteiger partial charge in [0.2, 0.25) is 0 Å². The quantitative estimate of drug-likeness (QED) is 0.748. The first kappa shape index (κ1) is 15.9. The highest BCUT2D eigenvalue weighted by molar-refractivity contribution is 6.31. The third-order valence-electron chi connectivity index (χ3n) is 4.38. The topological polar surface area (TPSA) is 75.6 Å². The summed E-state index contributed by atoms with van der Waals surface area (Å²) in [6.07, 6.45) is 6.07. The van der Waals surface area contributed by atoms with E-state index in [2.05, 4.69) is 25.1 Å². The number of hydrogen-bond acceptors (Lipinski definition) is 3. The van der Waals surface area contributed by atoms with Gasteiger partial charge in [0.15, 0.2) is 5.82 Å². The zero-order valence-corrected chi connectivity index (χ0v) is 14.4. The number of aromatic amines is 1. The smallest absolute Gasteiger partial charge is 0.272 e. The van der Waals surface area contributed by atoms with Gasteiger partial charge in [0, 0.05) is 30.4 Å². The summed E-state index contributed by atoms with van der Waals surface area (Å²) in [5.74, 6) is 1.67. The molecular weight excluding hydrogens is 338 g/mol. The summed E-state index contributed by atoms with van der Waals surface area (Å²) in [6.45, 7) is 0.940. The van der Waals surface area contributed by atoms with Crippen molar-refractivity contribution in [2.45, 2.75) is 32.2 Å². The number of H-pyrrole nitrogens is 1. The van der Waals surface area contributed by atoms with E-state index in [-0.39, 0.29) is 5.91 Å². The highest BCUT2D eigenvalue weighted by Gasteiger charge is 2.16. The molecule has 1 amide bonds. The van der Waals surface area contributed by atoms with Gasteiger partial charge in [-0.15, -0.1) is 10.2 Å². The monoisotopic (exact) mass is 355 g/mol. The lowest BCUT2D eigenvalue weighted by Crippen LogP contribution is -2.12. The van der Waals surface area contributed by atoms with E-state index >= 15 is 0 Å². The molecule has 25 heavy (non-hydrogen) atoms. The Kier molecular flexibility index (Phi) is 4.28. The van der Waals surface area contributed by atoms with Gasteiger partial charge in [-0.2, -0.15) is 0 Å². The van der Waals surface area contributed by atoms with Crippen LogP contribution in [0.15, 0.2) is 36.5 Å². The van der Waals surface area contributed by atoms with Crippen molar-refractivity contribution >= 4 is 23.2 Å². The fourth-order valence-electron chi connectivity index (χ4n) is 3.13. The second kappa shape index (κ2) is 6.72. The van der Waals surface area contributed by atoms with E-state index < -0.39 is 0 Å². The number of carbonyl (C=O) groups excluding carboxylic acids is 1. The van der Waals surface area contributed by atoms with Crippen molar-refractivity contribution < 1.29 is 4.79 Å². The molecule has 0 atom stereocenters. The molecule has 3 aromatic rings. The molecule has 0 radical (unpaired) electrons. The molecule has 2 aromatic heterocycles. The first-order valence-electron chi connectivity index (χ1n) is 8.38. The van der Waals surface area contributed by atoms with Crippen LogP contribution in [0.4, 0.5) is 5.69 Å². The number of nitrogens with zero attached hydrogens (tertiary/aromatic N) is 3. The molecule has 0 bridgehead atoms. The van der Waals surface area contributed by atoms with E-state index in [0.29, 0.717) is 16.4 Å². The fraction of sp³-hybridized carbons (Fsp3) is 0.278. The van der Waals surface area contributed by atoms with E-state index in [1.54, 1.807) is 12.3 Å². The molecule has 0 saturated heterocycles. The Morgan fingerprint density at radius 2 is 2.12 bits per heavy atom. The lowest BCUT2D eigenvalue weighted by molar-refractivity contribution is 0.102. The third-order valence-corrected chi connectivity index (χ3v) is 4.60. The van der Waals surface area contributed by atoms with Crippen LogP contribution in [0.5, 0.6) is 0 Å². The average molecular weight is 356 g/mol. The predicted molar refractivity (Wildman–Crippen MR) is 96.8 cm³/mol. The second-order valence-electron chi connectivity index (χ2n) is 6.17. The normalized spacial score (nSPS) is 14.0. The van der Waals surface area contributed by atoms with Crippen LogP contribution in [0.25, 0.3) is 11.4 Å². The molecule has 3 heterocycles. The van der Waals surface area contributed by atoms with Gasteiger partial charge in [-0.1, -0.05) is 30.2 Å². The van der Waals surface area contributed by atoms with Crippen molar-refractivity contribution in [3.63, 3.8) is 0 Å². The number of hydrogen-bond donors (Lipinski definition) is 2. The lowest BCUT2D eigenvalue weighted by atomic mass is 10.2. The number of aromatic nitrogens is 4. The van der Waals surface area contributed by atoms with Crippen LogP contribution in [0.1, 0.15) is 35.6 Å². The molecule has 4 rings (SSSR count). The van der Waals surface area contributed by atoms with Crippen LogP contribution in [0.2, 0.25) is 5.02 Å². The van der Waals surface area contributed by atoms with Crippen molar-refractivity contribution in [3.05, 3.63) is 53.1 Å². The maximum absolute atomic E-state index is 12.3. The van der Waals surface area contributed by atoms with Crippen molar-refractivity contribution in [1.82, 2.24) is 19.7 Å². The molecule has 6 nitrogen and oxygen atoms in total. The van der Waals surface area contributed by atoms with Gasteiger partial charge in [0.05, 0.1) is 5.02 Å². The van der Waals surface area contributed by atoms with Gasteiger partial charge in [-0.3, -0.25) is 4.79 Å². The molecule has 0 spiro atoms. The molecule has 1 aromatic carbocycles. The van der Waals surface area contributed by atoms with Crippen molar-refractivity contribution in [3.8, 4) is 11.4 Å². The Balaban J connectivity index is 1.60. The maximum Gasteiger partial charge on any atom is 0.272 e. The highest BCUT2D eigenvalue weighted by Crippen LogP contribution is 2.25. The maximum atomic E-state index is 12.3. The number of aryl methyl sites for hydroxylation is 1. The van der Waals surface area contributed by atoms with Crippen LogP contribution < -0.4 is 5.32 Å².